The number of nitrogens with zero attached hydrogens (tertiary/aromatic N) is 1. The number of pyridine rings is 1. The molecule has 1 heterocycles. The summed E-state index contributed by atoms with van der Waals surface area (Å²) in [5, 5.41) is 2.41. The maximum atomic E-state index is 14.8. The molecule has 0 saturated heterocycles. The van der Waals surface area contributed by atoms with Crippen LogP contribution in [0, 0.1) is 19.7 Å². The maximum absolute atomic E-state index is 14.8. The first-order valence-electron chi connectivity index (χ1n) is 10.0. The Morgan fingerprint density at radius 3 is 2.28 bits per heavy atom. The average molecular weight is 444 g/mol. The molecule has 0 bridgehead atoms. The summed E-state index contributed by atoms with van der Waals surface area (Å²) in [7, 11) is 0. The van der Waals surface area contributed by atoms with E-state index in [1.165, 1.54) is 26.9 Å². The normalized spacial score (nSPS) is 11.8. The van der Waals surface area contributed by atoms with Gasteiger partial charge in [0.1, 0.15) is 0 Å². The molecule has 3 aromatic carbocycles. The molecule has 3 heteroatoms. The van der Waals surface area contributed by atoms with Crippen LogP contribution in [0.4, 0.5) is 4.39 Å². The molecule has 0 atom stereocenters. The van der Waals surface area contributed by atoms with Crippen LogP contribution in [0.25, 0.3) is 33.2 Å². The van der Waals surface area contributed by atoms with E-state index in [9.17, 15) is 4.39 Å². The summed E-state index contributed by atoms with van der Waals surface area (Å²) in [6.07, 6.45) is 1.35. The molecular weight excluding hydrogens is 418 g/mol. The van der Waals surface area contributed by atoms with Crippen molar-refractivity contribution in [1.29, 1.82) is 0 Å². The van der Waals surface area contributed by atoms with Gasteiger partial charge in [-0.2, -0.15) is 0 Å². The molecule has 0 aliphatic carbocycles. The van der Waals surface area contributed by atoms with E-state index >= 15 is 0 Å². The summed E-state index contributed by atoms with van der Waals surface area (Å²) < 4.78 is 16.2. The zero-order chi connectivity index (χ0) is 20.8. The second kappa shape index (κ2) is 7.42. The zero-order valence-corrected chi connectivity index (χ0v) is 19.8. The van der Waals surface area contributed by atoms with Crippen molar-refractivity contribution < 1.29 is 4.39 Å². The third kappa shape index (κ3) is 3.86. The number of aryl methyl sites for hydroxylation is 2. The quantitative estimate of drug-likeness (QED) is 0.315. The van der Waals surface area contributed by atoms with Crippen LogP contribution >= 0.6 is 0 Å². The molecule has 29 heavy (non-hydrogen) atoms. The van der Waals surface area contributed by atoms with Crippen molar-refractivity contribution in [2.45, 2.75) is 31.1 Å². The first-order valence-corrected chi connectivity index (χ1v) is 17.4. The molecule has 0 radical (unpaired) electrons. The summed E-state index contributed by atoms with van der Waals surface area (Å²) in [6.45, 7) is 4.18. The number of aromatic nitrogens is 1. The molecule has 0 amide bonds. The van der Waals surface area contributed by atoms with Crippen LogP contribution in [0.15, 0.2) is 66.9 Å². The van der Waals surface area contributed by atoms with Gasteiger partial charge in [-0.1, -0.05) is 6.07 Å². The number of halogens is 1. The third-order valence-corrected chi connectivity index (χ3v) is 9.89. The number of benzene rings is 3. The predicted molar refractivity (Wildman–Crippen MR) is 125 cm³/mol. The fraction of sp³-hybridized carbons (Fsp3) is 0.192. The van der Waals surface area contributed by atoms with Crippen molar-refractivity contribution in [3.63, 3.8) is 0 Å². The van der Waals surface area contributed by atoms with Gasteiger partial charge in [0.2, 0.25) is 0 Å². The topological polar surface area (TPSA) is 12.9 Å². The molecule has 0 unspecified atom stereocenters. The molecule has 1 nitrogen and oxygen atoms in total. The van der Waals surface area contributed by atoms with E-state index in [0.29, 0.717) is 5.56 Å². The van der Waals surface area contributed by atoms with Crippen molar-refractivity contribution in [3.05, 3.63) is 83.8 Å². The van der Waals surface area contributed by atoms with Gasteiger partial charge in [-0.3, -0.25) is 0 Å². The summed E-state index contributed by atoms with van der Waals surface area (Å²) in [5.74, 6) is 6.85. The van der Waals surface area contributed by atoms with Crippen molar-refractivity contribution in [3.8, 4) is 22.4 Å². The van der Waals surface area contributed by atoms with E-state index in [4.69, 9.17) is 0 Å². The Kier molecular flexibility index (Phi) is 5.08. The van der Waals surface area contributed by atoms with Gasteiger partial charge in [0.05, 0.1) is 0 Å². The van der Waals surface area contributed by atoms with E-state index in [2.05, 4.69) is 84.6 Å². The van der Waals surface area contributed by atoms with Crippen molar-refractivity contribution >= 4 is 28.4 Å². The fourth-order valence-corrected chi connectivity index (χ4v) is 6.47. The first kappa shape index (κ1) is 19.8. The zero-order valence-electron chi connectivity index (χ0n) is 17.7. The molecule has 4 rings (SSSR count). The van der Waals surface area contributed by atoms with Crippen molar-refractivity contribution in [2.75, 3.05) is 0 Å². The Morgan fingerprint density at radius 1 is 0.793 bits per heavy atom. The molecule has 0 aliphatic heterocycles. The minimum absolute atomic E-state index is 0.278. The Morgan fingerprint density at radius 2 is 1.55 bits per heavy atom. The van der Waals surface area contributed by atoms with E-state index in [1.54, 1.807) is 0 Å². The SMILES string of the molecule is Cc1c[c]([Ge]([CH3])([CH3])[CH3])ccc1-c1cc(-c2cc(C)c3ccccc3c2)ncc1F. The molecule has 0 fully saturated rings. The van der Waals surface area contributed by atoms with Gasteiger partial charge >= 0.3 is 169 Å². The molecule has 1 aromatic heterocycles. The number of fused-ring (bicyclic) bond motifs is 1. The van der Waals surface area contributed by atoms with Gasteiger partial charge in [-0.15, -0.1) is 0 Å². The minimum atomic E-state index is -1.92. The Balaban J connectivity index is 1.84. The summed E-state index contributed by atoms with van der Waals surface area (Å²) >= 11 is -1.92. The molecule has 0 aliphatic rings. The average Bonchev–Trinajstić information content (AvgIpc) is 2.68. The molecule has 0 N–H and O–H groups in total. The number of rotatable bonds is 3. The Bertz CT molecular complexity index is 1220. The van der Waals surface area contributed by atoms with Gasteiger partial charge < -0.3 is 0 Å². The van der Waals surface area contributed by atoms with Crippen LogP contribution in [-0.2, 0) is 0 Å². The standard InChI is InChI=1S/C26H26FGeN/c1-17-12-20(14-19-8-6-7-9-22(17)19)26-15-24(25(27)16-29-26)23-11-10-21(13-18(23)2)28(3,4)5/h6-16H,1-5H3. The van der Waals surface area contributed by atoms with Crippen molar-refractivity contribution in [1.82, 2.24) is 4.98 Å². The van der Waals surface area contributed by atoms with Crippen LogP contribution in [0.3, 0.4) is 0 Å². The number of hydrogen-bond donors (Lipinski definition) is 0. The van der Waals surface area contributed by atoms with Gasteiger partial charge in [0, 0.05) is 0 Å². The number of hydrogen-bond acceptors (Lipinski definition) is 1. The van der Waals surface area contributed by atoms with Crippen LogP contribution < -0.4 is 4.40 Å². The second-order valence-corrected chi connectivity index (χ2v) is 19.5. The summed E-state index contributed by atoms with van der Waals surface area (Å²) in [6, 6.07) is 21.0. The molecular formula is C26H26FGeN. The van der Waals surface area contributed by atoms with Crippen LogP contribution in [0.1, 0.15) is 11.1 Å². The third-order valence-electron chi connectivity index (χ3n) is 5.60. The van der Waals surface area contributed by atoms with Crippen LogP contribution in [0.5, 0.6) is 0 Å². The van der Waals surface area contributed by atoms with Gasteiger partial charge in [0.15, 0.2) is 0 Å². The van der Waals surface area contributed by atoms with E-state index in [-0.39, 0.29) is 5.82 Å². The van der Waals surface area contributed by atoms with Gasteiger partial charge in [-0.05, 0) is 0 Å². The Hall–Kier alpha value is -2.46. The van der Waals surface area contributed by atoms with E-state index in [1.807, 2.05) is 12.1 Å². The fourth-order valence-electron chi connectivity index (χ4n) is 3.89. The summed E-state index contributed by atoms with van der Waals surface area (Å²) in [4.78, 5) is 4.40. The molecule has 146 valence electrons. The second-order valence-electron chi connectivity index (χ2n) is 8.84. The molecule has 0 saturated carbocycles. The summed E-state index contributed by atoms with van der Waals surface area (Å²) in [5.41, 5.74) is 5.69. The predicted octanol–water partition coefficient (Wildman–Crippen LogP) is 6.87. The van der Waals surface area contributed by atoms with Gasteiger partial charge in [0.25, 0.3) is 0 Å². The van der Waals surface area contributed by atoms with E-state index < -0.39 is 13.3 Å². The monoisotopic (exact) mass is 445 g/mol. The van der Waals surface area contributed by atoms with Crippen LogP contribution in [-0.4, -0.2) is 18.3 Å². The Labute approximate surface area is 175 Å². The first-order chi connectivity index (χ1) is 13.7. The van der Waals surface area contributed by atoms with Gasteiger partial charge in [-0.25, -0.2) is 0 Å². The van der Waals surface area contributed by atoms with E-state index in [0.717, 1.165) is 22.4 Å². The molecule has 0 spiro atoms. The van der Waals surface area contributed by atoms with Crippen molar-refractivity contribution in [2.24, 2.45) is 0 Å². The van der Waals surface area contributed by atoms with Crippen LogP contribution in [0.2, 0.25) is 17.3 Å². The molecule has 4 aromatic rings.